The summed E-state index contributed by atoms with van der Waals surface area (Å²) in [6, 6.07) is 58.0. The molecular formula is C48H48N6. The Morgan fingerprint density at radius 2 is 0.556 bits per heavy atom. The quantitative estimate of drug-likeness (QED) is 0.106. The van der Waals surface area contributed by atoms with Gasteiger partial charge in [0, 0.05) is 56.4 Å². The molecule has 4 aromatic carbocycles. The second-order valence-electron chi connectivity index (χ2n) is 14.1. The molecule has 3 aromatic heterocycles. The maximum Gasteiger partial charge on any atom is 0.129 e. The first-order valence-electron chi connectivity index (χ1n) is 18.7. The molecule has 0 atom stereocenters. The predicted octanol–water partition coefficient (Wildman–Crippen LogP) is 10.4. The maximum absolute atomic E-state index is 4.99. The number of pyridine rings is 3. The Labute approximate surface area is 320 Å². The Kier molecular flexibility index (Phi) is 11.7. The Balaban J connectivity index is 1.29. The van der Waals surface area contributed by atoms with Crippen molar-refractivity contribution in [2.45, 2.75) is 60.0 Å². The van der Waals surface area contributed by atoms with Gasteiger partial charge in [0.1, 0.15) is 17.5 Å². The third-order valence-corrected chi connectivity index (χ3v) is 9.47. The van der Waals surface area contributed by atoms with Crippen LogP contribution < -0.4 is 14.7 Å². The molecule has 54 heavy (non-hydrogen) atoms. The van der Waals surface area contributed by atoms with E-state index >= 15 is 0 Å². The summed E-state index contributed by atoms with van der Waals surface area (Å²) in [5.74, 6) is 2.90. The predicted molar refractivity (Wildman–Crippen MR) is 222 cm³/mol. The zero-order chi connectivity index (χ0) is 37.1. The number of benzene rings is 4. The lowest BCUT2D eigenvalue weighted by molar-refractivity contribution is 0.754. The lowest BCUT2D eigenvalue weighted by Gasteiger charge is -2.28. The molecule has 0 aliphatic carbocycles. The molecule has 0 N–H and O–H groups in total. The molecule has 0 aliphatic heterocycles. The summed E-state index contributed by atoms with van der Waals surface area (Å²) < 4.78 is 0. The minimum Gasteiger partial charge on any atom is -0.348 e. The van der Waals surface area contributed by atoms with Gasteiger partial charge >= 0.3 is 0 Å². The van der Waals surface area contributed by atoms with Crippen molar-refractivity contribution >= 4 is 17.5 Å². The molecule has 0 bridgehead atoms. The number of anilines is 3. The molecule has 7 aromatic rings. The van der Waals surface area contributed by atoms with Crippen molar-refractivity contribution in [1.82, 2.24) is 15.0 Å². The Morgan fingerprint density at radius 3 is 0.815 bits per heavy atom. The van der Waals surface area contributed by atoms with Crippen molar-refractivity contribution < 1.29 is 0 Å². The van der Waals surface area contributed by atoms with Gasteiger partial charge in [-0.2, -0.15) is 0 Å². The molecule has 7 rings (SSSR count). The van der Waals surface area contributed by atoms with Crippen molar-refractivity contribution in [3.8, 4) is 0 Å². The number of nitrogens with zero attached hydrogens (tertiary/aromatic N) is 6. The standard InChI is InChI=1S/C48H48N6/c1-37-16-13-25-46(49-37)52(31-40-19-7-4-8-20-40)34-43-28-44(35-53(32-41-21-9-5-10-22-41)47-26-14-17-38(2)50-47)30-45(29-43)36-54(33-42-23-11-6-12-24-42)48-27-15-18-39(3)51-48/h4-30H,31-36H2,1-3H3. The van der Waals surface area contributed by atoms with Crippen LogP contribution in [0.25, 0.3) is 0 Å². The molecule has 0 radical (unpaired) electrons. The molecule has 6 nitrogen and oxygen atoms in total. The molecule has 0 aliphatic rings. The van der Waals surface area contributed by atoms with E-state index in [0.29, 0.717) is 19.6 Å². The number of aryl methyl sites for hydroxylation is 3. The fourth-order valence-corrected chi connectivity index (χ4v) is 6.95. The Hall–Kier alpha value is -6.27. The van der Waals surface area contributed by atoms with E-state index in [9.17, 15) is 0 Å². The fourth-order valence-electron chi connectivity index (χ4n) is 6.95. The summed E-state index contributed by atoms with van der Waals surface area (Å²) in [6.07, 6.45) is 0. The van der Waals surface area contributed by atoms with Gasteiger partial charge in [-0.3, -0.25) is 0 Å². The lowest BCUT2D eigenvalue weighted by atomic mass is 10.0. The van der Waals surface area contributed by atoms with E-state index in [1.165, 1.54) is 33.4 Å². The zero-order valence-electron chi connectivity index (χ0n) is 31.5. The largest absolute Gasteiger partial charge is 0.348 e. The highest BCUT2D eigenvalue weighted by Gasteiger charge is 2.17. The summed E-state index contributed by atoms with van der Waals surface area (Å²) in [4.78, 5) is 22.1. The molecule has 0 fully saturated rings. The van der Waals surface area contributed by atoms with Gasteiger partial charge in [-0.15, -0.1) is 0 Å². The SMILES string of the molecule is Cc1cccc(N(Cc2ccccc2)Cc2cc(CN(Cc3ccccc3)c3cccc(C)n3)cc(CN(Cc3ccccc3)c3cccc(C)n3)c2)n1. The van der Waals surface area contributed by atoms with Crippen LogP contribution in [0.2, 0.25) is 0 Å². The highest BCUT2D eigenvalue weighted by molar-refractivity contribution is 5.47. The van der Waals surface area contributed by atoms with Crippen LogP contribution in [0.3, 0.4) is 0 Å². The Bertz CT molecular complexity index is 1970. The van der Waals surface area contributed by atoms with Crippen LogP contribution >= 0.6 is 0 Å². The molecule has 0 saturated carbocycles. The first-order valence-corrected chi connectivity index (χ1v) is 18.7. The minimum atomic E-state index is 0.703. The average molecular weight is 709 g/mol. The first-order chi connectivity index (χ1) is 26.4. The number of aromatic nitrogens is 3. The first kappa shape index (κ1) is 36.1. The monoisotopic (exact) mass is 708 g/mol. The van der Waals surface area contributed by atoms with E-state index in [4.69, 9.17) is 15.0 Å². The topological polar surface area (TPSA) is 48.4 Å². The molecule has 0 saturated heterocycles. The molecule has 0 spiro atoms. The molecule has 3 heterocycles. The average Bonchev–Trinajstić information content (AvgIpc) is 3.18. The third-order valence-electron chi connectivity index (χ3n) is 9.47. The minimum absolute atomic E-state index is 0.703. The van der Waals surface area contributed by atoms with E-state index in [2.05, 4.69) is 199 Å². The van der Waals surface area contributed by atoms with Crippen molar-refractivity contribution in [3.63, 3.8) is 0 Å². The molecule has 0 unspecified atom stereocenters. The molecular weight excluding hydrogens is 661 g/mol. The number of hydrogen-bond acceptors (Lipinski definition) is 6. The fraction of sp³-hybridized carbons (Fsp3) is 0.188. The van der Waals surface area contributed by atoms with Crippen LogP contribution in [-0.4, -0.2) is 15.0 Å². The van der Waals surface area contributed by atoms with Crippen LogP contribution in [0.15, 0.2) is 164 Å². The van der Waals surface area contributed by atoms with Gasteiger partial charge in [-0.05, 0) is 90.6 Å². The van der Waals surface area contributed by atoms with Crippen LogP contribution in [0.5, 0.6) is 0 Å². The van der Waals surface area contributed by atoms with E-state index < -0.39 is 0 Å². The normalized spacial score (nSPS) is 10.9. The molecule has 6 heteroatoms. The highest BCUT2D eigenvalue weighted by Crippen LogP contribution is 2.26. The molecule has 270 valence electrons. The van der Waals surface area contributed by atoms with Crippen LogP contribution in [-0.2, 0) is 39.3 Å². The summed E-state index contributed by atoms with van der Waals surface area (Å²) in [5, 5.41) is 0. The van der Waals surface area contributed by atoms with Gasteiger partial charge < -0.3 is 14.7 Å². The van der Waals surface area contributed by atoms with Crippen molar-refractivity contribution in [3.05, 3.63) is 214 Å². The third kappa shape index (κ3) is 9.98. The zero-order valence-corrected chi connectivity index (χ0v) is 31.5. The second kappa shape index (κ2) is 17.5. The summed E-state index contributed by atoms with van der Waals surface area (Å²) >= 11 is 0. The van der Waals surface area contributed by atoms with Gasteiger partial charge in [-0.1, -0.05) is 127 Å². The van der Waals surface area contributed by atoms with E-state index in [1.54, 1.807) is 0 Å². The summed E-state index contributed by atoms with van der Waals surface area (Å²) in [7, 11) is 0. The second-order valence-corrected chi connectivity index (χ2v) is 14.1. The smallest absolute Gasteiger partial charge is 0.129 e. The highest BCUT2D eigenvalue weighted by atomic mass is 15.2. The summed E-state index contributed by atoms with van der Waals surface area (Å²) in [6.45, 7) is 10.5. The van der Waals surface area contributed by atoms with Gasteiger partial charge in [0.2, 0.25) is 0 Å². The number of hydrogen-bond donors (Lipinski definition) is 0. The van der Waals surface area contributed by atoms with Crippen molar-refractivity contribution in [1.29, 1.82) is 0 Å². The van der Waals surface area contributed by atoms with Gasteiger partial charge in [-0.25, -0.2) is 15.0 Å². The summed E-state index contributed by atoms with van der Waals surface area (Å²) in [5.41, 5.74) is 10.4. The van der Waals surface area contributed by atoms with Crippen molar-refractivity contribution in [2.75, 3.05) is 14.7 Å². The maximum atomic E-state index is 4.99. The van der Waals surface area contributed by atoms with E-state index in [0.717, 1.165) is 54.2 Å². The van der Waals surface area contributed by atoms with E-state index in [-0.39, 0.29) is 0 Å². The van der Waals surface area contributed by atoms with Crippen LogP contribution in [0.4, 0.5) is 17.5 Å². The molecule has 0 amide bonds. The van der Waals surface area contributed by atoms with Gasteiger partial charge in [0.05, 0.1) is 0 Å². The number of rotatable bonds is 15. The Morgan fingerprint density at radius 1 is 0.296 bits per heavy atom. The van der Waals surface area contributed by atoms with Gasteiger partial charge in [0.25, 0.3) is 0 Å². The van der Waals surface area contributed by atoms with Crippen LogP contribution in [0, 0.1) is 20.8 Å². The lowest BCUT2D eigenvalue weighted by Crippen LogP contribution is -2.26. The van der Waals surface area contributed by atoms with E-state index in [1.807, 2.05) is 0 Å². The van der Waals surface area contributed by atoms with Crippen molar-refractivity contribution in [2.24, 2.45) is 0 Å². The van der Waals surface area contributed by atoms with Gasteiger partial charge in [0.15, 0.2) is 0 Å². The van der Waals surface area contributed by atoms with Crippen LogP contribution in [0.1, 0.15) is 50.5 Å².